The van der Waals surface area contributed by atoms with Gasteiger partial charge in [0.05, 0.1) is 5.57 Å². The Morgan fingerprint density at radius 1 is 1.06 bits per heavy atom. The summed E-state index contributed by atoms with van der Waals surface area (Å²) in [4.78, 5) is 48.5. The van der Waals surface area contributed by atoms with Crippen LogP contribution in [0.2, 0.25) is 0 Å². The Bertz CT molecular complexity index is 1220. The normalized spacial score (nSPS) is 16.7. The molecule has 2 aliphatic carbocycles. The molecule has 36 heavy (non-hydrogen) atoms. The van der Waals surface area contributed by atoms with Gasteiger partial charge < -0.3 is 20.5 Å². The van der Waals surface area contributed by atoms with Gasteiger partial charge in [-0.3, -0.25) is 9.59 Å². The summed E-state index contributed by atoms with van der Waals surface area (Å²) in [5, 5.41) is 14.7. The van der Waals surface area contributed by atoms with Crippen LogP contribution in [0.4, 0.5) is 4.79 Å². The molecule has 0 aromatic heterocycles. The number of carboxylic acid groups (broad SMARTS) is 1. The van der Waals surface area contributed by atoms with Gasteiger partial charge in [-0.15, -0.1) is 0 Å². The number of carboxylic acids is 1. The molecule has 1 unspecified atom stereocenters. The third kappa shape index (κ3) is 5.71. The number of ketones is 2. The Labute approximate surface area is 209 Å². The highest BCUT2D eigenvalue weighted by Gasteiger charge is 2.35. The molecule has 2 aliphatic rings. The van der Waals surface area contributed by atoms with Gasteiger partial charge in [-0.05, 0) is 39.7 Å². The highest BCUT2D eigenvalue weighted by Crippen LogP contribution is 2.38. The Morgan fingerprint density at radius 2 is 1.75 bits per heavy atom. The van der Waals surface area contributed by atoms with E-state index < -0.39 is 18.1 Å². The van der Waals surface area contributed by atoms with Crippen LogP contribution in [0.5, 0.6) is 0 Å². The molecule has 0 heterocycles. The molecule has 1 atom stereocenters. The fraction of sp³-hybridized carbons (Fsp3) is 0.357. The minimum absolute atomic E-state index is 0.0232. The first-order chi connectivity index (χ1) is 17.1. The number of Topliss-reactive ketones (excluding diaryl/α,β-unsaturated/α-hetero) is 2. The number of aliphatic carboxylic acids is 1. The molecule has 1 fully saturated rings. The molecular formula is C28H30N2O6. The summed E-state index contributed by atoms with van der Waals surface area (Å²) in [6, 6.07) is 12.8. The second-order valence-electron chi connectivity index (χ2n) is 10.0. The van der Waals surface area contributed by atoms with Crippen molar-refractivity contribution < 1.29 is 29.0 Å². The molecule has 0 radical (unpaired) electrons. The van der Waals surface area contributed by atoms with Gasteiger partial charge >= 0.3 is 12.1 Å². The number of ether oxygens (including phenoxy) is 1. The topological polar surface area (TPSA) is 122 Å². The van der Waals surface area contributed by atoms with Crippen LogP contribution in [0.3, 0.4) is 0 Å². The van der Waals surface area contributed by atoms with E-state index in [2.05, 4.69) is 22.8 Å². The van der Waals surface area contributed by atoms with E-state index in [1.807, 2.05) is 44.2 Å². The molecule has 188 valence electrons. The minimum Gasteiger partial charge on any atom is -0.480 e. The SMILES string of the molecule is CC1(C)CC(=O)C(=CCNCC(NC(=O)OCc2cccc3c2Cc2ccccc2-3)C(=O)O)C(=O)C1. The van der Waals surface area contributed by atoms with Crippen LogP contribution in [-0.4, -0.2) is 47.9 Å². The van der Waals surface area contributed by atoms with Crippen LogP contribution in [0, 0.1) is 5.41 Å². The van der Waals surface area contributed by atoms with E-state index in [0.717, 1.165) is 23.1 Å². The van der Waals surface area contributed by atoms with Crippen molar-refractivity contribution >= 4 is 23.6 Å². The van der Waals surface area contributed by atoms with E-state index in [-0.39, 0.29) is 42.3 Å². The summed E-state index contributed by atoms with van der Waals surface area (Å²) >= 11 is 0. The quantitative estimate of drug-likeness (QED) is 0.251. The average molecular weight is 491 g/mol. The number of hydrogen-bond acceptors (Lipinski definition) is 6. The first kappa shape index (κ1) is 25.3. The molecule has 1 amide bonds. The monoisotopic (exact) mass is 490 g/mol. The summed E-state index contributed by atoms with van der Waals surface area (Å²) in [5.74, 6) is -1.63. The van der Waals surface area contributed by atoms with Gasteiger partial charge in [-0.1, -0.05) is 62.4 Å². The lowest BCUT2D eigenvalue weighted by atomic mass is 9.74. The van der Waals surface area contributed by atoms with E-state index in [1.54, 1.807) is 0 Å². The predicted molar refractivity (Wildman–Crippen MR) is 133 cm³/mol. The first-order valence-corrected chi connectivity index (χ1v) is 12.0. The molecule has 0 spiro atoms. The van der Waals surface area contributed by atoms with Crippen LogP contribution >= 0.6 is 0 Å². The second-order valence-corrected chi connectivity index (χ2v) is 10.0. The highest BCUT2D eigenvalue weighted by molar-refractivity contribution is 6.22. The zero-order valence-corrected chi connectivity index (χ0v) is 20.4. The van der Waals surface area contributed by atoms with Gasteiger partial charge in [-0.25, -0.2) is 9.59 Å². The number of allylic oxidation sites excluding steroid dienone is 1. The molecule has 0 bridgehead atoms. The summed E-state index contributed by atoms with van der Waals surface area (Å²) in [6.45, 7) is 3.81. The summed E-state index contributed by atoms with van der Waals surface area (Å²) < 4.78 is 5.34. The number of carbonyl (C=O) groups excluding carboxylic acids is 3. The molecule has 2 aromatic rings. The molecule has 0 aliphatic heterocycles. The third-order valence-corrected chi connectivity index (χ3v) is 6.57. The molecule has 8 heteroatoms. The number of hydrogen-bond donors (Lipinski definition) is 3. The lowest BCUT2D eigenvalue weighted by molar-refractivity contribution is -0.139. The smallest absolute Gasteiger partial charge is 0.408 e. The maximum Gasteiger partial charge on any atom is 0.408 e. The number of amides is 1. The zero-order valence-electron chi connectivity index (χ0n) is 20.4. The van der Waals surface area contributed by atoms with Crippen LogP contribution in [0.15, 0.2) is 54.1 Å². The third-order valence-electron chi connectivity index (χ3n) is 6.57. The fourth-order valence-corrected chi connectivity index (χ4v) is 4.79. The Hall–Kier alpha value is -3.78. The average Bonchev–Trinajstić information content (AvgIpc) is 3.19. The molecule has 1 saturated carbocycles. The number of carbonyl (C=O) groups is 4. The number of rotatable bonds is 8. The zero-order chi connectivity index (χ0) is 25.9. The van der Waals surface area contributed by atoms with Crippen molar-refractivity contribution in [2.24, 2.45) is 5.41 Å². The molecule has 8 nitrogen and oxygen atoms in total. The minimum atomic E-state index is -1.24. The van der Waals surface area contributed by atoms with E-state index in [9.17, 15) is 24.3 Å². The maximum atomic E-state index is 12.4. The second kappa shape index (κ2) is 10.5. The lowest BCUT2D eigenvalue weighted by Gasteiger charge is -2.28. The predicted octanol–water partition coefficient (Wildman–Crippen LogP) is 3.41. The molecule has 4 rings (SSSR count). The van der Waals surface area contributed by atoms with Gasteiger partial charge in [0.2, 0.25) is 0 Å². The summed E-state index contributed by atoms with van der Waals surface area (Å²) in [5.41, 5.74) is 5.29. The Morgan fingerprint density at radius 3 is 2.47 bits per heavy atom. The maximum absolute atomic E-state index is 12.4. The van der Waals surface area contributed by atoms with Gasteiger partial charge in [0, 0.05) is 25.9 Å². The largest absolute Gasteiger partial charge is 0.480 e. The molecular weight excluding hydrogens is 460 g/mol. The van der Waals surface area contributed by atoms with Crippen molar-refractivity contribution in [3.05, 3.63) is 70.8 Å². The van der Waals surface area contributed by atoms with Crippen LogP contribution in [0.1, 0.15) is 43.4 Å². The highest BCUT2D eigenvalue weighted by atomic mass is 16.5. The number of nitrogens with one attached hydrogen (secondary N) is 2. The number of fused-ring (bicyclic) bond motifs is 3. The van der Waals surface area contributed by atoms with Gasteiger partial charge in [0.25, 0.3) is 0 Å². The van der Waals surface area contributed by atoms with Gasteiger partial charge in [0.1, 0.15) is 12.6 Å². The van der Waals surface area contributed by atoms with Crippen LogP contribution in [0.25, 0.3) is 11.1 Å². The van der Waals surface area contributed by atoms with Crippen molar-refractivity contribution in [1.82, 2.24) is 10.6 Å². The van der Waals surface area contributed by atoms with E-state index in [4.69, 9.17) is 4.74 Å². The van der Waals surface area contributed by atoms with Crippen LogP contribution < -0.4 is 10.6 Å². The van der Waals surface area contributed by atoms with Crippen molar-refractivity contribution in [1.29, 1.82) is 0 Å². The summed E-state index contributed by atoms with van der Waals surface area (Å²) in [6.07, 6.45) is 2.01. The number of alkyl carbamates (subject to hydrolysis) is 1. The number of benzene rings is 2. The molecule has 2 aromatic carbocycles. The standard InChI is InChI=1S/C28H30N2O6/c1-28(2)13-24(31)21(25(32)14-28)10-11-29-15-23(26(33)34)30-27(35)36-16-18-7-5-9-20-19-8-4-3-6-17(19)12-22(18)20/h3-10,23,29H,11-16H2,1-2H3,(H,30,35)(H,33,34). The van der Waals surface area contributed by atoms with Crippen LogP contribution in [-0.2, 0) is 32.1 Å². The lowest BCUT2D eigenvalue weighted by Crippen LogP contribution is -2.47. The Kier molecular flexibility index (Phi) is 7.35. The van der Waals surface area contributed by atoms with E-state index >= 15 is 0 Å². The van der Waals surface area contributed by atoms with Crippen molar-refractivity contribution in [3.8, 4) is 11.1 Å². The fourth-order valence-electron chi connectivity index (χ4n) is 4.79. The van der Waals surface area contributed by atoms with Crippen molar-refractivity contribution in [3.63, 3.8) is 0 Å². The van der Waals surface area contributed by atoms with Gasteiger partial charge in [-0.2, -0.15) is 0 Å². The molecule has 0 saturated heterocycles. The van der Waals surface area contributed by atoms with E-state index in [0.29, 0.717) is 12.8 Å². The van der Waals surface area contributed by atoms with Crippen molar-refractivity contribution in [2.75, 3.05) is 13.1 Å². The Balaban J connectivity index is 1.29. The van der Waals surface area contributed by atoms with E-state index in [1.165, 1.54) is 17.2 Å². The molecule has 3 N–H and O–H groups in total. The van der Waals surface area contributed by atoms with Gasteiger partial charge in [0.15, 0.2) is 11.6 Å². The van der Waals surface area contributed by atoms with Crippen molar-refractivity contribution in [2.45, 2.75) is 45.8 Å². The summed E-state index contributed by atoms with van der Waals surface area (Å²) in [7, 11) is 0. The first-order valence-electron chi connectivity index (χ1n) is 12.0.